The monoisotopic (exact) mass is 523 g/mol. The fraction of sp³-hybridized carbons (Fsp3) is 0.407. The summed E-state index contributed by atoms with van der Waals surface area (Å²) in [6, 6.07) is 14.8. The summed E-state index contributed by atoms with van der Waals surface area (Å²) in [4.78, 5) is 21.3. The van der Waals surface area contributed by atoms with Gasteiger partial charge in [0.1, 0.15) is 6.04 Å². The smallest absolute Gasteiger partial charge is 0.251 e. The van der Waals surface area contributed by atoms with Gasteiger partial charge in [0.25, 0.3) is 5.91 Å². The summed E-state index contributed by atoms with van der Waals surface area (Å²) < 4.78 is 1.05. The summed E-state index contributed by atoms with van der Waals surface area (Å²) >= 11 is 9.58. The molecule has 2 aliphatic rings. The highest BCUT2D eigenvalue weighted by Crippen LogP contribution is 2.44. The van der Waals surface area contributed by atoms with Crippen molar-refractivity contribution in [2.45, 2.75) is 64.5 Å². The fourth-order valence-electron chi connectivity index (χ4n) is 5.28. The maximum Gasteiger partial charge on any atom is 0.251 e. The average Bonchev–Trinajstić information content (AvgIpc) is 3.28. The van der Waals surface area contributed by atoms with Gasteiger partial charge < -0.3 is 9.88 Å². The lowest BCUT2D eigenvalue weighted by Gasteiger charge is -2.37. The number of unbranched alkanes of at least 4 members (excludes halogenated alkanes) is 2. The van der Waals surface area contributed by atoms with Crippen LogP contribution in [0, 0.1) is 0 Å². The van der Waals surface area contributed by atoms with Crippen LogP contribution >= 0.6 is 28.1 Å². The molecule has 2 unspecified atom stereocenters. The number of rotatable bonds is 6. The van der Waals surface area contributed by atoms with Crippen molar-refractivity contribution < 1.29 is 4.79 Å². The van der Waals surface area contributed by atoms with Crippen LogP contribution in [0.4, 0.5) is 0 Å². The molecule has 1 aromatic heterocycles. The molecule has 0 saturated carbocycles. The number of nitrogens with one attached hydrogen (secondary N) is 1. The highest BCUT2D eigenvalue weighted by Gasteiger charge is 2.50. The van der Waals surface area contributed by atoms with Crippen LogP contribution in [0.3, 0.4) is 0 Å². The zero-order chi connectivity index (χ0) is 23.3. The van der Waals surface area contributed by atoms with Crippen LogP contribution in [0.5, 0.6) is 0 Å². The molecule has 2 aliphatic heterocycles. The van der Waals surface area contributed by atoms with Gasteiger partial charge in [0.2, 0.25) is 0 Å². The third-order valence-corrected chi connectivity index (χ3v) is 8.02. The van der Waals surface area contributed by atoms with Gasteiger partial charge in [0.05, 0.1) is 6.04 Å². The van der Waals surface area contributed by atoms with Crippen molar-refractivity contribution in [3.63, 3.8) is 0 Å². The Morgan fingerprint density at radius 1 is 1.15 bits per heavy atom. The Morgan fingerprint density at radius 2 is 1.91 bits per heavy atom. The minimum Gasteiger partial charge on any atom is -0.356 e. The van der Waals surface area contributed by atoms with Crippen LogP contribution in [0.1, 0.15) is 74.4 Å². The SMILES string of the molecule is CCCCCN1C(=O)C2Cc3c([nH]c4ccc(Br)cc34)C(c3ccc(C(C)C)cc3)N2C1=S. The first-order valence-electron chi connectivity index (χ1n) is 11.9. The van der Waals surface area contributed by atoms with Gasteiger partial charge in [-0.15, -0.1) is 0 Å². The zero-order valence-electron chi connectivity index (χ0n) is 19.4. The van der Waals surface area contributed by atoms with Gasteiger partial charge in [-0.05, 0) is 59.4 Å². The van der Waals surface area contributed by atoms with Crippen LogP contribution in [-0.4, -0.2) is 38.4 Å². The van der Waals surface area contributed by atoms with Crippen molar-refractivity contribution >= 4 is 50.1 Å². The molecule has 33 heavy (non-hydrogen) atoms. The highest BCUT2D eigenvalue weighted by atomic mass is 79.9. The summed E-state index contributed by atoms with van der Waals surface area (Å²) in [7, 11) is 0. The molecule has 6 heteroatoms. The molecule has 172 valence electrons. The second-order valence-corrected chi connectivity index (χ2v) is 10.8. The number of H-pyrrole nitrogens is 1. The third-order valence-electron chi connectivity index (χ3n) is 7.09. The standard InChI is InChI=1S/C27H30BrN3OS/c1-4-5-6-13-30-26(32)23-15-21-20-14-19(28)11-12-22(20)29-24(21)25(31(23)27(30)33)18-9-7-17(8-10-18)16(2)3/h7-12,14,16,23,25,29H,4-6,13,15H2,1-3H3. The number of halogens is 1. The highest BCUT2D eigenvalue weighted by molar-refractivity contribution is 9.10. The molecule has 4 nitrogen and oxygen atoms in total. The molecular formula is C27H30BrN3OS. The predicted octanol–water partition coefficient (Wildman–Crippen LogP) is 6.69. The molecule has 2 atom stereocenters. The number of aromatic nitrogens is 1. The molecule has 0 spiro atoms. The van der Waals surface area contributed by atoms with E-state index in [1.54, 1.807) is 0 Å². The summed E-state index contributed by atoms with van der Waals surface area (Å²) in [5.41, 5.74) is 5.97. The van der Waals surface area contributed by atoms with Crippen molar-refractivity contribution in [3.8, 4) is 0 Å². The van der Waals surface area contributed by atoms with Crippen LogP contribution < -0.4 is 0 Å². The normalized spacial score (nSPS) is 20.2. The zero-order valence-corrected chi connectivity index (χ0v) is 21.8. The Hall–Kier alpha value is -2.18. The van der Waals surface area contributed by atoms with E-state index >= 15 is 0 Å². The number of hydrogen-bond donors (Lipinski definition) is 1. The van der Waals surface area contributed by atoms with E-state index in [4.69, 9.17) is 12.2 Å². The minimum atomic E-state index is -0.251. The maximum absolute atomic E-state index is 13.6. The van der Waals surface area contributed by atoms with E-state index < -0.39 is 0 Å². The molecule has 1 amide bonds. The number of aromatic amines is 1. The molecule has 0 radical (unpaired) electrons. The number of nitrogens with zero attached hydrogens (tertiary/aromatic N) is 2. The Labute approximate surface area is 209 Å². The van der Waals surface area contributed by atoms with E-state index in [1.807, 2.05) is 4.90 Å². The topological polar surface area (TPSA) is 39.3 Å². The van der Waals surface area contributed by atoms with Gasteiger partial charge in [-0.1, -0.05) is 73.8 Å². The number of fused-ring (bicyclic) bond motifs is 4. The second-order valence-electron chi connectivity index (χ2n) is 9.54. The van der Waals surface area contributed by atoms with E-state index in [1.165, 1.54) is 22.1 Å². The number of hydrogen-bond acceptors (Lipinski definition) is 2. The van der Waals surface area contributed by atoms with E-state index in [-0.39, 0.29) is 18.0 Å². The average molecular weight is 525 g/mol. The molecule has 1 saturated heterocycles. The molecule has 2 aromatic carbocycles. The molecule has 1 N–H and O–H groups in total. The van der Waals surface area contributed by atoms with Crippen LogP contribution in [0.25, 0.3) is 10.9 Å². The maximum atomic E-state index is 13.6. The van der Waals surface area contributed by atoms with Gasteiger partial charge in [0, 0.05) is 34.0 Å². The van der Waals surface area contributed by atoms with E-state index in [0.29, 0.717) is 24.0 Å². The predicted molar refractivity (Wildman–Crippen MR) is 142 cm³/mol. The van der Waals surface area contributed by atoms with Crippen LogP contribution in [-0.2, 0) is 11.2 Å². The van der Waals surface area contributed by atoms with Gasteiger partial charge in [0.15, 0.2) is 5.11 Å². The third kappa shape index (κ3) is 3.81. The Bertz CT molecular complexity index is 1220. The number of amides is 1. The summed E-state index contributed by atoms with van der Waals surface area (Å²) in [6.07, 6.45) is 3.89. The number of carbonyl (C=O) groups excluding carboxylic acids is 1. The quantitative estimate of drug-likeness (QED) is 0.289. The van der Waals surface area contributed by atoms with Crippen molar-refractivity contribution in [1.82, 2.24) is 14.8 Å². The first-order chi connectivity index (χ1) is 15.9. The number of carbonyl (C=O) groups is 1. The van der Waals surface area contributed by atoms with Crippen LogP contribution in [0.15, 0.2) is 46.9 Å². The van der Waals surface area contributed by atoms with E-state index in [2.05, 4.69) is 89.0 Å². The lowest BCUT2D eigenvalue weighted by atomic mass is 9.88. The molecular weight excluding hydrogens is 494 g/mol. The molecule has 5 rings (SSSR count). The molecule has 0 aliphatic carbocycles. The van der Waals surface area contributed by atoms with Crippen molar-refractivity contribution in [2.24, 2.45) is 0 Å². The number of benzene rings is 2. The first-order valence-corrected chi connectivity index (χ1v) is 13.1. The van der Waals surface area contributed by atoms with E-state index in [0.717, 1.165) is 34.9 Å². The summed E-state index contributed by atoms with van der Waals surface area (Å²) in [6.45, 7) is 7.31. The Balaban J connectivity index is 1.63. The number of thiocarbonyl (C=S) groups is 1. The van der Waals surface area contributed by atoms with E-state index in [9.17, 15) is 4.79 Å². The second kappa shape index (κ2) is 8.88. The Kier molecular flexibility index (Phi) is 6.08. The lowest BCUT2D eigenvalue weighted by Crippen LogP contribution is -2.44. The van der Waals surface area contributed by atoms with Crippen molar-refractivity contribution in [1.29, 1.82) is 0 Å². The Morgan fingerprint density at radius 3 is 2.61 bits per heavy atom. The molecule has 3 heterocycles. The van der Waals surface area contributed by atoms with Crippen molar-refractivity contribution in [3.05, 3.63) is 69.3 Å². The first kappa shape index (κ1) is 22.6. The molecule has 0 bridgehead atoms. The van der Waals surface area contributed by atoms with Gasteiger partial charge in [-0.2, -0.15) is 0 Å². The largest absolute Gasteiger partial charge is 0.356 e. The summed E-state index contributed by atoms with van der Waals surface area (Å²) in [5, 5.41) is 1.86. The van der Waals surface area contributed by atoms with Crippen molar-refractivity contribution in [2.75, 3.05) is 6.54 Å². The summed E-state index contributed by atoms with van der Waals surface area (Å²) in [5.74, 6) is 0.623. The van der Waals surface area contributed by atoms with Gasteiger partial charge >= 0.3 is 0 Å². The lowest BCUT2D eigenvalue weighted by molar-refractivity contribution is -0.128. The van der Waals surface area contributed by atoms with Gasteiger partial charge in [-0.3, -0.25) is 9.69 Å². The van der Waals surface area contributed by atoms with Gasteiger partial charge in [-0.25, -0.2) is 0 Å². The molecule has 3 aromatic rings. The minimum absolute atomic E-state index is 0.0984. The molecule has 1 fully saturated rings. The fourth-order valence-corrected chi connectivity index (χ4v) is 6.06. The van der Waals surface area contributed by atoms with Crippen LogP contribution in [0.2, 0.25) is 0 Å².